The van der Waals surface area contributed by atoms with Crippen molar-refractivity contribution < 1.29 is 13.5 Å². The van der Waals surface area contributed by atoms with Crippen LogP contribution in [0.2, 0.25) is 0 Å². The third kappa shape index (κ3) is 3.01. The average molecular weight is 261 g/mol. The zero-order valence-corrected chi connectivity index (χ0v) is 11.4. The Morgan fingerprint density at radius 3 is 2.41 bits per heavy atom. The average Bonchev–Trinajstić information content (AvgIpc) is 2.70. The zero-order chi connectivity index (χ0) is 12.5. The van der Waals surface area contributed by atoms with Crippen LogP contribution in [0.3, 0.4) is 0 Å². The molecular weight excluding hydrogens is 238 g/mol. The first-order valence-corrected chi connectivity index (χ1v) is 8.13. The summed E-state index contributed by atoms with van der Waals surface area (Å²) < 4.78 is 26.4. The Labute approximate surface area is 104 Å². The third-order valence-corrected chi connectivity index (χ3v) is 6.50. The van der Waals surface area contributed by atoms with E-state index in [2.05, 4.69) is 0 Å². The summed E-state index contributed by atoms with van der Waals surface area (Å²) in [5, 5.41) is 9.82. The van der Waals surface area contributed by atoms with Gasteiger partial charge < -0.3 is 5.11 Å². The maximum absolute atomic E-state index is 12.4. The highest BCUT2D eigenvalue weighted by Crippen LogP contribution is 2.30. The molecule has 0 aromatic heterocycles. The molecule has 1 aliphatic heterocycles. The van der Waals surface area contributed by atoms with Gasteiger partial charge in [0.1, 0.15) is 0 Å². The summed E-state index contributed by atoms with van der Waals surface area (Å²) in [6.45, 7) is 2.86. The summed E-state index contributed by atoms with van der Waals surface area (Å²) >= 11 is 0. The Kier molecular flexibility index (Phi) is 3.80. The fraction of sp³-hybridized carbons (Fsp3) is 1.00. The van der Waals surface area contributed by atoms with Gasteiger partial charge in [0, 0.05) is 13.1 Å². The Morgan fingerprint density at radius 1 is 1.12 bits per heavy atom. The molecule has 1 N–H and O–H groups in total. The maximum atomic E-state index is 12.4. The number of rotatable bonds is 2. The quantitative estimate of drug-likeness (QED) is 0.819. The molecule has 17 heavy (non-hydrogen) atoms. The molecule has 0 aromatic rings. The number of hydrogen-bond donors (Lipinski definition) is 1. The lowest BCUT2D eigenvalue weighted by molar-refractivity contribution is 0.0465. The molecule has 1 aliphatic carbocycles. The van der Waals surface area contributed by atoms with Crippen LogP contribution in [0.15, 0.2) is 0 Å². The van der Waals surface area contributed by atoms with Crippen LogP contribution in [0.25, 0.3) is 0 Å². The smallest absolute Gasteiger partial charge is 0.216 e. The van der Waals surface area contributed by atoms with Crippen LogP contribution >= 0.6 is 0 Å². The fourth-order valence-corrected chi connectivity index (χ4v) is 4.97. The molecule has 1 unspecified atom stereocenters. The standard InChI is InChI=1S/C12H23NO3S/c1-12(14)7-4-9-13(10-8-12)17(15,16)11-5-2-3-6-11/h11,14H,2-10H2,1H3. The zero-order valence-electron chi connectivity index (χ0n) is 10.6. The van der Waals surface area contributed by atoms with Crippen LogP contribution in [0.5, 0.6) is 0 Å². The predicted octanol–water partition coefficient (Wildman–Crippen LogP) is 1.50. The fourth-order valence-electron chi connectivity index (χ4n) is 2.89. The monoisotopic (exact) mass is 261 g/mol. The van der Waals surface area contributed by atoms with Crippen molar-refractivity contribution in [1.82, 2.24) is 4.31 Å². The molecule has 0 aromatic carbocycles. The lowest BCUT2D eigenvalue weighted by Crippen LogP contribution is -2.39. The van der Waals surface area contributed by atoms with Crippen molar-refractivity contribution in [2.75, 3.05) is 13.1 Å². The molecule has 5 heteroatoms. The van der Waals surface area contributed by atoms with Crippen LogP contribution < -0.4 is 0 Å². The summed E-state index contributed by atoms with van der Waals surface area (Å²) in [5.74, 6) is 0. The van der Waals surface area contributed by atoms with Gasteiger partial charge in [0.25, 0.3) is 0 Å². The lowest BCUT2D eigenvalue weighted by Gasteiger charge is -2.25. The van der Waals surface area contributed by atoms with Gasteiger partial charge in [-0.1, -0.05) is 12.8 Å². The van der Waals surface area contributed by atoms with Crippen LogP contribution in [0.4, 0.5) is 0 Å². The Morgan fingerprint density at radius 2 is 1.76 bits per heavy atom. The van der Waals surface area contributed by atoms with E-state index in [0.29, 0.717) is 25.9 Å². The van der Waals surface area contributed by atoms with Crippen molar-refractivity contribution in [2.45, 2.75) is 62.7 Å². The van der Waals surface area contributed by atoms with E-state index in [-0.39, 0.29) is 5.25 Å². The van der Waals surface area contributed by atoms with Gasteiger partial charge in [-0.25, -0.2) is 12.7 Å². The molecule has 4 nitrogen and oxygen atoms in total. The molecule has 1 atom stereocenters. The van der Waals surface area contributed by atoms with Gasteiger partial charge in [-0.15, -0.1) is 0 Å². The number of hydrogen-bond acceptors (Lipinski definition) is 3. The molecule has 2 fully saturated rings. The van der Waals surface area contributed by atoms with Gasteiger partial charge in [-0.3, -0.25) is 0 Å². The number of aliphatic hydroxyl groups is 1. The highest BCUT2D eigenvalue weighted by molar-refractivity contribution is 7.89. The summed E-state index contributed by atoms with van der Waals surface area (Å²) in [6, 6.07) is 0. The van der Waals surface area contributed by atoms with Gasteiger partial charge in [0.15, 0.2) is 0 Å². The predicted molar refractivity (Wildman–Crippen MR) is 67.2 cm³/mol. The van der Waals surface area contributed by atoms with E-state index < -0.39 is 15.6 Å². The van der Waals surface area contributed by atoms with Gasteiger partial charge in [-0.2, -0.15) is 0 Å². The minimum atomic E-state index is -3.11. The SMILES string of the molecule is CC1(O)CCCN(S(=O)(=O)C2CCCC2)CC1. The van der Waals surface area contributed by atoms with E-state index in [0.717, 1.165) is 32.1 Å². The highest BCUT2D eigenvalue weighted by Gasteiger charge is 2.36. The second-order valence-electron chi connectivity index (χ2n) is 5.70. The Balaban J connectivity index is 2.06. The van der Waals surface area contributed by atoms with Gasteiger partial charge in [-0.05, 0) is 39.0 Å². The maximum Gasteiger partial charge on any atom is 0.216 e. The molecule has 1 saturated carbocycles. The third-order valence-electron chi connectivity index (χ3n) is 4.11. The van der Waals surface area contributed by atoms with Crippen molar-refractivity contribution in [3.63, 3.8) is 0 Å². The Hall–Kier alpha value is -0.130. The van der Waals surface area contributed by atoms with E-state index in [1.54, 1.807) is 11.2 Å². The van der Waals surface area contributed by atoms with Gasteiger partial charge in [0.2, 0.25) is 10.0 Å². The van der Waals surface area contributed by atoms with E-state index in [1.807, 2.05) is 0 Å². The summed E-state index contributed by atoms with van der Waals surface area (Å²) in [5.41, 5.74) is -0.694. The van der Waals surface area contributed by atoms with Crippen molar-refractivity contribution in [3.05, 3.63) is 0 Å². The number of sulfonamides is 1. The summed E-state index contributed by atoms with van der Waals surface area (Å²) in [4.78, 5) is 0. The van der Waals surface area contributed by atoms with E-state index >= 15 is 0 Å². The molecular formula is C12H23NO3S. The molecule has 0 radical (unpaired) electrons. The van der Waals surface area contributed by atoms with Crippen molar-refractivity contribution in [1.29, 1.82) is 0 Å². The second kappa shape index (κ2) is 4.86. The second-order valence-corrected chi connectivity index (χ2v) is 7.91. The molecule has 0 amide bonds. The molecule has 2 aliphatic rings. The topological polar surface area (TPSA) is 57.6 Å². The number of nitrogens with zero attached hydrogens (tertiary/aromatic N) is 1. The van der Waals surface area contributed by atoms with Gasteiger partial charge >= 0.3 is 0 Å². The molecule has 100 valence electrons. The van der Waals surface area contributed by atoms with Crippen molar-refractivity contribution >= 4 is 10.0 Å². The Bertz CT molecular complexity index is 358. The molecule has 0 bridgehead atoms. The van der Waals surface area contributed by atoms with Crippen LogP contribution in [0, 0.1) is 0 Å². The molecule has 2 rings (SSSR count). The minimum absolute atomic E-state index is 0.162. The summed E-state index contributed by atoms with van der Waals surface area (Å²) in [7, 11) is -3.11. The van der Waals surface area contributed by atoms with Crippen LogP contribution in [-0.2, 0) is 10.0 Å². The van der Waals surface area contributed by atoms with Crippen molar-refractivity contribution in [3.8, 4) is 0 Å². The normalized spacial score (nSPS) is 33.8. The first-order chi connectivity index (χ1) is 7.92. The van der Waals surface area contributed by atoms with Crippen molar-refractivity contribution in [2.24, 2.45) is 0 Å². The highest BCUT2D eigenvalue weighted by atomic mass is 32.2. The molecule has 1 saturated heterocycles. The van der Waals surface area contributed by atoms with Crippen LogP contribution in [0.1, 0.15) is 51.9 Å². The minimum Gasteiger partial charge on any atom is -0.390 e. The first kappa shape index (κ1) is 13.3. The lowest BCUT2D eigenvalue weighted by atomic mass is 9.98. The summed E-state index contributed by atoms with van der Waals surface area (Å²) in [6.07, 6.45) is 5.72. The van der Waals surface area contributed by atoms with Gasteiger partial charge in [0.05, 0.1) is 10.9 Å². The van der Waals surface area contributed by atoms with E-state index in [4.69, 9.17) is 0 Å². The first-order valence-electron chi connectivity index (χ1n) is 6.63. The molecule has 1 heterocycles. The van der Waals surface area contributed by atoms with Crippen LogP contribution in [-0.4, -0.2) is 41.8 Å². The van der Waals surface area contributed by atoms with E-state index in [9.17, 15) is 13.5 Å². The largest absolute Gasteiger partial charge is 0.390 e. The van der Waals surface area contributed by atoms with E-state index in [1.165, 1.54) is 0 Å². The molecule has 0 spiro atoms.